The summed E-state index contributed by atoms with van der Waals surface area (Å²) in [5.41, 5.74) is -1.48. The van der Waals surface area contributed by atoms with E-state index in [0.29, 0.717) is 25.3 Å². The fourth-order valence-corrected chi connectivity index (χ4v) is 3.66. The molecule has 1 saturated carbocycles. The maximum Gasteiger partial charge on any atom is 0.329 e. The lowest BCUT2D eigenvalue weighted by Crippen LogP contribution is -2.60. The Morgan fingerprint density at radius 2 is 2.15 bits per heavy atom. The summed E-state index contributed by atoms with van der Waals surface area (Å²) in [5, 5.41) is 15.8. The molecule has 1 amide bonds. The molecule has 2 rings (SSSR count). The summed E-state index contributed by atoms with van der Waals surface area (Å²) in [5.74, 6) is -0.615. The zero-order valence-electron chi connectivity index (χ0n) is 12.5. The predicted octanol–water partition coefficient (Wildman–Crippen LogP) is 1.53. The van der Waals surface area contributed by atoms with Crippen LogP contribution in [0.4, 0.5) is 0 Å². The maximum atomic E-state index is 12.7. The summed E-state index contributed by atoms with van der Waals surface area (Å²) in [4.78, 5) is 24.4. The third-order valence-corrected chi connectivity index (χ3v) is 5.16. The van der Waals surface area contributed by atoms with Crippen molar-refractivity contribution >= 4 is 11.9 Å². The molecule has 0 radical (unpaired) electrons. The molecule has 2 fully saturated rings. The van der Waals surface area contributed by atoms with E-state index in [9.17, 15) is 14.7 Å². The average molecular weight is 282 g/mol. The van der Waals surface area contributed by atoms with Crippen molar-refractivity contribution < 1.29 is 14.7 Å². The van der Waals surface area contributed by atoms with Gasteiger partial charge >= 0.3 is 5.97 Å². The number of carboxylic acid groups (broad SMARTS) is 1. The van der Waals surface area contributed by atoms with Crippen LogP contribution in [0, 0.1) is 11.3 Å². The van der Waals surface area contributed by atoms with E-state index in [2.05, 4.69) is 17.6 Å². The Morgan fingerprint density at radius 3 is 2.65 bits per heavy atom. The molecular formula is C15H26N2O3. The standard InChI is InChI=1S/C15H26N2O3/c1-3-14(7-8-16-10-14)12(18)17-15(13(19)20)6-4-5-11(2)9-15/h11,16H,3-10H2,1-2H3,(H,17,18)(H,19,20). The summed E-state index contributed by atoms with van der Waals surface area (Å²) >= 11 is 0. The van der Waals surface area contributed by atoms with Crippen LogP contribution in [0.15, 0.2) is 0 Å². The second kappa shape index (κ2) is 5.72. The van der Waals surface area contributed by atoms with Crippen molar-refractivity contribution in [3.63, 3.8) is 0 Å². The van der Waals surface area contributed by atoms with Gasteiger partial charge in [-0.2, -0.15) is 0 Å². The summed E-state index contributed by atoms with van der Waals surface area (Å²) in [7, 11) is 0. The predicted molar refractivity (Wildman–Crippen MR) is 76.4 cm³/mol. The van der Waals surface area contributed by atoms with E-state index in [4.69, 9.17) is 0 Å². The summed E-state index contributed by atoms with van der Waals surface area (Å²) in [6, 6.07) is 0. The molecule has 0 aromatic heterocycles. The second-order valence-corrected chi connectivity index (χ2v) is 6.60. The van der Waals surface area contributed by atoms with Gasteiger partial charge in [-0.1, -0.05) is 26.7 Å². The highest BCUT2D eigenvalue weighted by atomic mass is 16.4. The zero-order valence-corrected chi connectivity index (χ0v) is 12.5. The quantitative estimate of drug-likeness (QED) is 0.730. The van der Waals surface area contributed by atoms with Gasteiger partial charge in [0.1, 0.15) is 5.54 Å². The Balaban J connectivity index is 2.16. The molecular weight excluding hydrogens is 256 g/mol. The molecule has 0 aromatic carbocycles. The van der Waals surface area contributed by atoms with Crippen molar-refractivity contribution in [2.24, 2.45) is 11.3 Å². The molecule has 5 heteroatoms. The number of carbonyl (C=O) groups excluding carboxylic acids is 1. The first-order valence-electron chi connectivity index (χ1n) is 7.71. The Kier molecular flexibility index (Phi) is 4.37. The van der Waals surface area contributed by atoms with Gasteiger partial charge in [0.25, 0.3) is 0 Å². The largest absolute Gasteiger partial charge is 0.480 e. The first-order valence-corrected chi connectivity index (χ1v) is 7.71. The van der Waals surface area contributed by atoms with Crippen LogP contribution >= 0.6 is 0 Å². The Labute approximate surface area is 120 Å². The van der Waals surface area contributed by atoms with Gasteiger partial charge in [0, 0.05) is 6.54 Å². The molecule has 114 valence electrons. The minimum absolute atomic E-state index is 0.0819. The first kappa shape index (κ1) is 15.3. The van der Waals surface area contributed by atoms with E-state index in [-0.39, 0.29) is 5.91 Å². The number of carboxylic acids is 1. The number of nitrogens with one attached hydrogen (secondary N) is 2. The van der Waals surface area contributed by atoms with Gasteiger partial charge in [0.15, 0.2) is 0 Å². The fourth-order valence-electron chi connectivity index (χ4n) is 3.66. The van der Waals surface area contributed by atoms with Gasteiger partial charge in [-0.3, -0.25) is 4.79 Å². The minimum Gasteiger partial charge on any atom is -0.480 e. The highest BCUT2D eigenvalue weighted by Crippen LogP contribution is 2.35. The third-order valence-electron chi connectivity index (χ3n) is 5.16. The molecule has 5 nitrogen and oxygen atoms in total. The van der Waals surface area contributed by atoms with Crippen LogP contribution in [0.5, 0.6) is 0 Å². The topological polar surface area (TPSA) is 78.4 Å². The van der Waals surface area contributed by atoms with Gasteiger partial charge in [0.2, 0.25) is 5.91 Å². The van der Waals surface area contributed by atoms with E-state index >= 15 is 0 Å². The smallest absolute Gasteiger partial charge is 0.329 e. The second-order valence-electron chi connectivity index (χ2n) is 6.60. The van der Waals surface area contributed by atoms with Crippen LogP contribution in [-0.4, -0.2) is 35.6 Å². The lowest BCUT2D eigenvalue weighted by Gasteiger charge is -2.39. The van der Waals surface area contributed by atoms with Crippen molar-refractivity contribution in [1.82, 2.24) is 10.6 Å². The van der Waals surface area contributed by atoms with Crippen LogP contribution < -0.4 is 10.6 Å². The van der Waals surface area contributed by atoms with Crippen molar-refractivity contribution in [3.8, 4) is 0 Å². The average Bonchev–Trinajstić information content (AvgIpc) is 2.88. The SMILES string of the molecule is CCC1(C(=O)NC2(C(=O)O)CCCC(C)C2)CCNC1. The molecule has 0 aromatic rings. The first-order chi connectivity index (χ1) is 9.44. The number of amides is 1. The van der Waals surface area contributed by atoms with Gasteiger partial charge in [-0.05, 0) is 38.1 Å². The Bertz CT molecular complexity index is 391. The van der Waals surface area contributed by atoms with Gasteiger partial charge in [-0.25, -0.2) is 4.79 Å². The lowest BCUT2D eigenvalue weighted by molar-refractivity contribution is -0.152. The van der Waals surface area contributed by atoms with Crippen molar-refractivity contribution in [3.05, 3.63) is 0 Å². The highest BCUT2D eigenvalue weighted by Gasteiger charge is 2.48. The van der Waals surface area contributed by atoms with Crippen molar-refractivity contribution in [2.45, 2.75) is 57.9 Å². The van der Waals surface area contributed by atoms with Crippen LogP contribution in [-0.2, 0) is 9.59 Å². The van der Waals surface area contributed by atoms with Crippen molar-refractivity contribution in [1.29, 1.82) is 0 Å². The van der Waals surface area contributed by atoms with E-state index in [1.807, 2.05) is 6.92 Å². The lowest BCUT2D eigenvalue weighted by atomic mass is 9.74. The van der Waals surface area contributed by atoms with Gasteiger partial charge in [-0.15, -0.1) is 0 Å². The maximum absolute atomic E-state index is 12.7. The summed E-state index contributed by atoms with van der Waals surface area (Å²) in [6.45, 7) is 5.55. The molecule has 2 aliphatic rings. The molecule has 3 atom stereocenters. The van der Waals surface area contributed by atoms with E-state index < -0.39 is 16.9 Å². The van der Waals surface area contributed by atoms with Crippen LogP contribution in [0.2, 0.25) is 0 Å². The molecule has 1 aliphatic heterocycles. The monoisotopic (exact) mass is 282 g/mol. The third kappa shape index (κ3) is 2.68. The molecule has 0 spiro atoms. The fraction of sp³-hybridized carbons (Fsp3) is 0.867. The number of carbonyl (C=O) groups is 2. The highest BCUT2D eigenvalue weighted by molar-refractivity contribution is 5.90. The Morgan fingerprint density at radius 1 is 1.40 bits per heavy atom. The minimum atomic E-state index is -1.06. The zero-order chi connectivity index (χ0) is 14.8. The number of hydrogen-bond acceptors (Lipinski definition) is 3. The van der Waals surface area contributed by atoms with Crippen LogP contribution in [0.1, 0.15) is 52.4 Å². The number of aliphatic carboxylic acids is 1. The number of hydrogen-bond donors (Lipinski definition) is 3. The molecule has 1 aliphatic carbocycles. The van der Waals surface area contributed by atoms with Crippen LogP contribution in [0.25, 0.3) is 0 Å². The normalized spacial score (nSPS) is 37.6. The molecule has 20 heavy (non-hydrogen) atoms. The molecule has 1 saturated heterocycles. The van der Waals surface area contributed by atoms with E-state index in [1.165, 1.54) is 0 Å². The van der Waals surface area contributed by atoms with Gasteiger partial charge in [0.05, 0.1) is 5.41 Å². The summed E-state index contributed by atoms with van der Waals surface area (Å²) < 4.78 is 0. The van der Waals surface area contributed by atoms with Crippen molar-refractivity contribution in [2.75, 3.05) is 13.1 Å². The van der Waals surface area contributed by atoms with E-state index in [0.717, 1.165) is 32.2 Å². The molecule has 3 N–H and O–H groups in total. The van der Waals surface area contributed by atoms with E-state index in [1.54, 1.807) is 0 Å². The van der Waals surface area contributed by atoms with Gasteiger partial charge < -0.3 is 15.7 Å². The molecule has 0 bridgehead atoms. The molecule has 3 unspecified atom stereocenters. The molecule has 1 heterocycles. The number of rotatable bonds is 4. The summed E-state index contributed by atoms with van der Waals surface area (Å²) in [6.07, 6.45) is 4.54. The Hall–Kier alpha value is -1.10. The van der Waals surface area contributed by atoms with Crippen LogP contribution in [0.3, 0.4) is 0 Å².